The molecule has 0 radical (unpaired) electrons. The SMILES string of the molecule is COc1ccc(N(C)c2nnccc2CN)cc1. The number of aromatic nitrogens is 2. The van der Waals surface area contributed by atoms with Crippen molar-refractivity contribution >= 4 is 11.5 Å². The molecule has 0 amide bonds. The van der Waals surface area contributed by atoms with Gasteiger partial charge in [-0.05, 0) is 30.3 Å². The monoisotopic (exact) mass is 244 g/mol. The Kier molecular flexibility index (Phi) is 3.74. The van der Waals surface area contributed by atoms with Crippen molar-refractivity contribution in [1.82, 2.24) is 10.2 Å². The minimum absolute atomic E-state index is 0.436. The standard InChI is InChI=1S/C13H16N4O/c1-17(11-3-5-12(18-2)6-4-11)13-10(9-14)7-8-15-16-13/h3-8H,9,14H2,1-2H3. The summed E-state index contributed by atoms with van der Waals surface area (Å²) in [5, 5.41) is 8.03. The molecule has 2 aromatic rings. The number of methoxy groups -OCH3 is 1. The molecule has 5 nitrogen and oxygen atoms in total. The molecule has 1 aromatic heterocycles. The van der Waals surface area contributed by atoms with Gasteiger partial charge in [0.25, 0.3) is 0 Å². The van der Waals surface area contributed by atoms with Crippen molar-refractivity contribution in [1.29, 1.82) is 0 Å². The van der Waals surface area contributed by atoms with Crippen molar-refractivity contribution in [3.8, 4) is 5.75 Å². The van der Waals surface area contributed by atoms with Crippen LogP contribution in [0.25, 0.3) is 0 Å². The highest BCUT2D eigenvalue weighted by molar-refractivity contribution is 5.62. The first-order valence-corrected chi connectivity index (χ1v) is 5.64. The van der Waals surface area contributed by atoms with Gasteiger partial charge in [-0.1, -0.05) is 0 Å². The third kappa shape index (κ3) is 2.41. The van der Waals surface area contributed by atoms with Gasteiger partial charge in [-0.2, -0.15) is 5.10 Å². The second-order valence-electron chi connectivity index (χ2n) is 3.84. The number of nitrogens with two attached hydrogens (primary N) is 1. The van der Waals surface area contributed by atoms with E-state index in [-0.39, 0.29) is 0 Å². The molecule has 2 rings (SSSR count). The van der Waals surface area contributed by atoms with Gasteiger partial charge in [0, 0.05) is 24.8 Å². The summed E-state index contributed by atoms with van der Waals surface area (Å²) >= 11 is 0. The average Bonchev–Trinajstić information content (AvgIpc) is 2.46. The number of rotatable bonds is 4. The van der Waals surface area contributed by atoms with Crippen LogP contribution >= 0.6 is 0 Å². The Morgan fingerprint density at radius 3 is 2.56 bits per heavy atom. The number of benzene rings is 1. The summed E-state index contributed by atoms with van der Waals surface area (Å²) in [7, 11) is 3.58. The molecule has 0 unspecified atom stereocenters. The highest BCUT2D eigenvalue weighted by Gasteiger charge is 2.10. The molecule has 1 heterocycles. The van der Waals surface area contributed by atoms with E-state index in [9.17, 15) is 0 Å². The van der Waals surface area contributed by atoms with Gasteiger partial charge in [0.15, 0.2) is 5.82 Å². The lowest BCUT2D eigenvalue weighted by molar-refractivity contribution is 0.415. The largest absolute Gasteiger partial charge is 0.497 e. The molecule has 94 valence electrons. The zero-order valence-electron chi connectivity index (χ0n) is 10.5. The van der Waals surface area contributed by atoms with E-state index in [1.807, 2.05) is 42.3 Å². The Morgan fingerprint density at radius 2 is 1.94 bits per heavy atom. The van der Waals surface area contributed by atoms with Crippen LogP contribution in [0.4, 0.5) is 11.5 Å². The van der Waals surface area contributed by atoms with Gasteiger partial charge in [-0.15, -0.1) is 5.10 Å². The highest BCUT2D eigenvalue weighted by Crippen LogP contribution is 2.25. The summed E-state index contributed by atoms with van der Waals surface area (Å²) in [5.41, 5.74) is 7.66. The zero-order valence-corrected chi connectivity index (χ0v) is 10.5. The second kappa shape index (κ2) is 5.46. The molecule has 0 fully saturated rings. The van der Waals surface area contributed by atoms with Crippen molar-refractivity contribution in [3.05, 3.63) is 42.1 Å². The Balaban J connectivity index is 2.31. The third-order valence-electron chi connectivity index (χ3n) is 2.78. The molecule has 0 aliphatic carbocycles. The predicted octanol–water partition coefficient (Wildman–Crippen LogP) is 1.71. The van der Waals surface area contributed by atoms with E-state index in [2.05, 4.69) is 10.2 Å². The first-order valence-electron chi connectivity index (χ1n) is 5.64. The van der Waals surface area contributed by atoms with E-state index in [0.717, 1.165) is 22.8 Å². The Morgan fingerprint density at radius 1 is 1.22 bits per heavy atom. The van der Waals surface area contributed by atoms with Gasteiger partial charge in [0.1, 0.15) is 5.75 Å². The summed E-state index contributed by atoms with van der Waals surface area (Å²) in [6.07, 6.45) is 1.65. The van der Waals surface area contributed by atoms with Crippen molar-refractivity contribution in [2.24, 2.45) is 5.73 Å². The summed E-state index contributed by atoms with van der Waals surface area (Å²) < 4.78 is 5.13. The summed E-state index contributed by atoms with van der Waals surface area (Å²) in [6.45, 7) is 0.436. The molecule has 0 saturated heterocycles. The van der Waals surface area contributed by atoms with Gasteiger partial charge in [-0.25, -0.2) is 0 Å². The zero-order chi connectivity index (χ0) is 13.0. The van der Waals surface area contributed by atoms with Crippen molar-refractivity contribution < 1.29 is 4.74 Å². The fourth-order valence-electron chi connectivity index (χ4n) is 1.72. The lowest BCUT2D eigenvalue weighted by Gasteiger charge is -2.20. The molecule has 18 heavy (non-hydrogen) atoms. The van der Waals surface area contributed by atoms with Crippen LogP contribution in [0.5, 0.6) is 5.75 Å². The maximum absolute atomic E-state index is 5.70. The van der Waals surface area contributed by atoms with Gasteiger partial charge in [-0.3, -0.25) is 0 Å². The van der Waals surface area contributed by atoms with Gasteiger partial charge in [0.05, 0.1) is 13.3 Å². The Hall–Kier alpha value is -2.14. The molecule has 0 aliphatic rings. The van der Waals surface area contributed by atoms with Gasteiger partial charge < -0.3 is 15.4 Å². The molecular formula is C13H16N4O. The molecule has 5 heteroatoms. The first kappa shape index (κ1) is 12.3. The van der Waals surface area contributed by atoms with E-state index in [1.165, 1.54) is 0 Å². The second-order valence-corrected chi connectivity index (χ2v) is 3.84. The number of nitrogens with zero attached hydrogens (tertiary/aromatic N) is 3. The van der Waals surface area contributed by atoms with Crippen LogP contribution < -0.4 is 15.4 Å². The van der Waals surface area contributed by atoms with E-state index in [1.54, 1.807) is 13.3 Å². The topological polar surface area (TPSA) is 64.3 Å². The predicted molar refractivity (Wildman–Crippen MR) is 71.0 cm³/mol. The lowest BCUT2D eigenvalue weighted by Crippen LogP contribution is -2.15. The maximum atomic E-state index is 5.70. The van der Waals surface area contributed by atoms with Gasteiger partial charge >= 0.3 is 0 Å². The van der Waals surface area contributed by atoms with Gasteiger partial charge in [0.2, 0.25) is 0 Å². The van der Waals surface area contributed by atoms with E-state index in [0.29, 0.717) is 6.54 Å². The lowest BCUT2D eigenvalue weighted by atomic mass is 10.2. The average molecular weight is 244 g/mol. The van der Waals surface area contributed by atoms with Crippen LogP contribution in [-0.4, -0.2) is 24.4 Å². The molecule has 1 aromatic carbocycles. The molecule has 2 N–H and O–H groups in total. The molecule has 0 spiro atoms. The van der Waals surface area contributed by atoms with E-state index >= 15 is 0 Å². The van der Waals surface area contributed by atoms with Crippen molar-refractivity contribution in [2.45, 2.75) is 6.54 Å². The Labute approximate surface area is 106 Å². The third-order valence-corrected chi connectivity index (χ3v) is 2.78. The van der Waals surface area contributed by atoms with E-state index < -0.39 is 0 Å². The van der Waals surface area contributed by atoms with Crippen molar-refractivity contribution in [2.75, 3.05) is 19.1 Å². The van der Waals surface area contributed by atoms with Crippen LogP contribution in [0, 0.1) is 0 Å². The minimum atomic E-state index is 0.436. The van der Waals surface area contributed by atoms with Crippen LogP contribution in [0.1, 0.15) is 5.56 Å². The minimum Gasteiger partial charge on any atom is -0.497 e. The molecule has 0 atom stereocenters. The fourth-order valence-corrected chi connectivity index (χ4v) is 1.72. The van der Waals surface area contributed by atoms with Crippen LogP contribution in [0.3, 0.4) is 0 Å². The van der Waals surface area contributed by atoms with Crippen LogP contribution in [0.15, 0.2) is 36.5 Å². The first-order chi connectivity index (χ1) is 8.76. The normalized spacial score (nSPS) is 10.2. The molecule has 0 saturated carbocycles. The fraction of sp³-hybridized carbons (Fsp3) is 0.231. The number of hydrogen-bond acceptors (Lipinski definition) is 5. The number of hydrogen-bond donors (Lipinski definition) is 1. The van der Waals surface area contributed by atoms with Crippen molar-refractivity contribution in [3.63, 3.8) is 0 Å². The number of ether oxygens (including phenoxy) is 1. The van der Waals surface area contributed by atoms with E-state index in [4.69, 9.17) is 10.5 Å². The summed E-state index contributed by atoms with van der Waals surface area (Å²) in [6, 6.07) is 9.62. The van der Waals surface area contributed by atoms with Crippen LogP contribution in [0.2, 0.25) is 0 Å². The highest BCUT2D eigenvalue weighted by atomic mass is 16.5. The molecule has 0 aliphatic heterocycles. The number of anilines is 2. The Bertz CT molecular complexity index is 513. The quantitative estimate of drug-likeness (QED) is 0.887. The maximum Gasteiger partial charge on any atom is 0.159 e. The summed E-state index contributed by atoms with van der Waals surface area (Å²) in [5.74, 6) is 1.59. The smallest absolute Gasteiger partial charge is 0.159 e. The summed E-state index contributed by atoms with van der Waals surface area (Å²) in [4.78, 5) is 1.95. The van der Waals surface area contributed by atoms with Crippen LogP contribution in [-0.2, 0) is 6.54 Å². The molecule has 0 bridgehead atoms. The molecular weight excluding hydrogens is 228 g/mol.